The lowest BCUT2D eigenvalue weighted by Crippen LogP contribution is -2.40. The van der Waals surface area contributed by atoms with Crippen molar-refractivity contribution in [3.8, 4) is 0 Å². The fraction of sp³-hybridized carbons (Fsp3) is 0.583. The molecule has 0 N–H and O–H groups in total. The van der Waals surface area contributed by atoms with Crippen molar-refractivity contribution in [2.75, 3.05) is 11.9 Å². The van der Waals surface area contributed by atoms with E-state index in [9.17, 15) is 4.79 Å². The molecule has 0 spiro atoms. The predicted octanol–water partition coefficient (Wildman–Crippen LogP) is 3.06. The number of hydrogen-bond donors (Lipinski definition) is 0. The Morgan fingerprint density at radius 3 is 3.06 bits per heavy atom. The monoisotopic (exact) mass is 285 g/mol. The van der Waals surface area contributed by atoms with Crippen LogP contribution in [-0.4, -0.2) is 28.7 Å². The van der Waals surface area contributed by atoms with Crippen LogP contribution in [0.15, 0.2) is 22.8 Å². The quantitative estimate of drug-likeness (QED) is 0.783. The van der Waals surface area contributed by atoms with Crippen LogP contribution in [0.3, 0.4) is 0 Å². The average molecular weight is 286 g/mol. The van der Waals surface area contributed by atoms with E-state index in [1.54, 1.807) is 18.4 Å². The zero-order valence-corrected chi connectivity index (χ0v) is 10.8. The van der Waals surface area contributed by atoms with E-state index >= 15 is 0 Å². The first-order valence-corrected chi connectivity index (χ1v) is 6.85. The second-order valence-electron chi connectivity index (χ2n) is 4.13. The standard InChI is InChI=1S/C12H16BrNO2/c13-9-10-5-2-1-3-7-14(10)12(15)11-6-4-8-16-11/h4,6,8,10H,1-3,5,7,9H2. The molecule has 2 rings (SSSR count). The summed E-state index contributed by atoms with van der Waals surface area (Å²) in [5.41, 5.74) is 0. The first kappa shape index (κ1) is 11.7. The van der Waals surface area contributed by atoms with Crippen molar-refractivity contribution >= 4 is 21.8 Å². The smallest absolute Gasteiger partial charge is 0.289 e. The fourth-order valence-corrected chi connectivity index (χ4v) is 2.82. The molecule has 4 heteroatoms. The number of carbonyl (C=O) groups excluding carboxylic acids is 1. The first-order chi connectivity index (χ1) is 7.83. The van der Waals surface area contributed by atoms with Crippen LogP contribution in [0.25, 0.3) is 0 Å². The number of amides is 1. The Morgan fingerprint density at radius 1 is 1.50 bits per heavy atom. The van der Waals surface area contributed by atoms with Crippen LogP contribution >= 0.6 is 15.9 Å². The van der Waals surface area contributed by atoms with Gasteiger partial charge in [0.05, 0.1) is 6.26 Å². The second-order valence-corrected chi connectivity index (χ2v) is 4.78. The lowest BCUT2D eigenvalue weighted by atomic mass is 10.1. The third-order valence-electron chi connectivity index (χ3n) is 3.05. The van der Waals surface area contributed by atoms with Gasteiger partial charge in [-0.15, -0.1) is 0 Å². The van der Waals surface area contributed by atoms with E-state index in [0.29, 0.717) is 11.8 Å². The van der Waals surface area contributed by atoms with Gasteiger partial charge in [0, 0.05) is 17.9 Å². The van der Waals surface area contributed by atoms with E-state index in [0.717, 1.165) is 24.7 Å². The second kappa shape index (κ2) is 5.53. The third-order valence-corrected chi connectivity index (χ3v) is 3.80. The molecule has 0 saturated carbocycles. The highest BCUT2D eigenvalue weighted by Gasteiger charge is 2.26. The van der Waals surface area contributed by atoms with Crippen LogP contribution in [0, 0.1) is 0 Å². The van der Waals surface area contributed by atoms with E-state index < -0.39 is 0 Å². The molecular weight excluding hydrogens is 270 g/mol. The van der Waals surface area contributed by atoms with Crippen LogP contribution in [0.5, 0.6) is 0 Å². The maximum absolute atomic E-state index is 12.2. The van der Waals surface area contributed by atoms with Crippen molar-refractivity contribution in [1.29, 1.82) is 0 Å². The highest BCUT2D eigenvalue weighted by Crippen LogP contribution is 2.20. The summed E-state index contributed by atoms with van der Waals surface area (Å²) >= 11 is 3.49. The Morgan fingerprint density at radius 2 is 2.38 bits per heavy atom. The van der Waals surface area contributed by atoms with Gasteiger partial charge in [-0.25, -0.2) is 0 Å². The molecule has 1 aliphatic heterocycles. The number of hydrogen-bond acceptors (Lipinski definition) is 2. The maximum Gasteiger partial charge on any atom is 0.289 e. The minimum absolute atomic E-state index is 0.0244. The number of likely N-dealkylation sites (tertiary alicyclic amines) is 1. The van der Waals surface area contributed by atoms with Gasteiger partial charge in [0.15, 0.2) is 5.76 Å². The van der Waals surface area contributed by atoms with Gasteiger partial charge in [0.2, 0.25) is 0 Å². The van der Waals surface area contributed by atoms with Crippen molar-refractivity contribution in [2.24, 2.45) is 0 Å². The number of furan rings is 1. The molecule has 1 aliphatic rings. The number of alkyl halides is 1. The SMILES string of the molecule is O=C(c1ccco1)N1CCCCCC1CBr. The van der Waals surface area contributed by atoms with E-state index in [2.05, 4.69) is 15.9 Å². The van der Waals surface area contributed by atoms with Gasteiger partial charge in [0.25, 0.3) is 5.91 Å². The summed E-state index contributed by atoms with van der Waals surface area (Å²) in [7, 11) is 0. The molecule has 1 amide bonds. The molecule has 2 heterocycles. The third kappa shape index (κ3) is 2.48. The van der Waals surface area contributed by atoms with Gasteiger partial charge in [-0.1, -0.05) is 28.8 Å². The fourth-order valence-electron chi connectivity index (χ4n) is 2.15. The first-order valence-electron chi connectivity index (χ1n) is 5.73. The molecule has 1 unspecified atom stereocenters. The topological polar surface area (TPSA) is 33.5 Å². The Hall–Kier alpha value is -0.770. The van der Waals surface area contributed by atoms with Gasteiger partial charge in [-0.2, -0.15) is 0 Å². The van der Waals surface area contributed by atoms with Gasteiger partial charge in [0.1, 0.15) is 0 Å². The summed E-state index contributed by atoms with van der Waals surface area (Å²) in [6.45, 7) is 0.843. The minimum Gasteiger partial charge on any atom is -0.459 e. The summed E-state index contributed by atoms with van der Waals surface area (Å²) in [6, 6.07) is 3.80. The van der Waals surface area contributed by atoms with Crippen molar-refractivity contribution in [3.05, 3.63) is 24.2 Å². The Kier molecular flexibility index (Phi) is 4.04. The molecule has 0 radical (unpaired) electrons. The highest BCUT2D eigenvalue weighted by molar-refractivity contribution is 9.09. The Balaban J connectivity index is 2.13. The largest absolute Gasteiger partial charge is 0.459 e. The van der Waals surface area contributed by atoms with Crippen molar-refractivity contribution in [3.63, 3.8) is 0 Å². The molecule has 1 atom stereocenters. The minimum atomic E-state index is 0.0244. The Labute approximate surface area is 104 Å². The van der Waals surface area contributed by atoms with Crippen LogP contribution < -0.4 is 0 Å². The number of nitrogens with zero attached hydrogens (tertiary/aromatic N) is 1. The maximum atomic E-state index is 12.2. The van der Waals surface area contributed by atoms with Gasteiger partial charge >= 0.3 is 0 Å². The van der Waals surface area contributed by atoms with Crippen molar-refractivity contribution < 1.29 is 9.21 Å². The number of carbonyl (C=O) groups is 1. The normalized spacial score (nSPS) is 21.8. The molecule has 3 nitrogen and oxygen atoms in total. The summed E-state index contributed by atoms with van der Waals surface area (Å²) in [5.74, 6) is 0.476. The Bertz CT molecular complexity index is 337. The molecular formula is C12H16BrNO2. The highest BCUT2D eigenvalue weighted by atomic mass is 79.9. The van der Waals surface area contributed by atoms with Gasteiger partial charge in [-0.3, -0.25) is 4.79 Å². The molecule has 0 aromatic carbocycles. The molecule has 0 aliphatic carbocycles. The van der Waals surface area contributed by atoms with Crippen LogP contribution in [0.1, 0.15) is 36.2 Å². The molecule has 88 valence electrons. The van der Waals surface area contributed by atoms with Gasteiger partial charge in [-0.05, 0) is 25.0 Å². The van der Waals surface area contributed by atoms with E-state index in [-0.39, 0.29) is 5.91 Å². The predicted molar refractivity (Wildman–Crippen MR) is 65.8 cm³/mol. The zero-order valence-electron chi connectivity index (χ0n) is 9.19. The van der Waals surface area contributed by atoms with Crippen molar-refractivity contribution in [1.82, 2.24) is 4.90 Å². The lowest BCUT2D eigenvalue weighted by Gasteiger charge is -2.27. The summed E-state index contributed by atoms with van der Waals surface area (Å²) in [6.07, 6.45) is 6.14. The summed E-state index contributed by atoms with van der Waals surface area (Å²) < 4.78 is 5.18. The van der Waals surface area contributed by atoms with Gasteiger partial charge < -0.3 is 9.32 Å². The number of halogens is 1. The molecule has 1 aromatic rings. The zero-order chi connectivity index (χ0) is 11.4. The average Bonchev–Trinajstić information content (AvgIpc) is 2.73. The lowest BCUT2D eigenvalue weighted by molar-refractivity contribution is 0.0669. The van der Waals surface area contributed by atoms with Crippen LogP contribution in [-0.2, 0) is 0 Å². The molecule has 1 fully saturated rings. The molecule has 16 heavy (non-hydrogen) atoms. The van der Waals surface area contributed by atoms with E-state index in [4.69, 9.17) is 4.42 Å². The summed E-state index contributed by atoms with van der Waals surface area (Å²) in [4.78, 5) is 14.1. The number of rotatable bonds is 2. The van der Waals surface area contributed by atoms with Crippen molar-refractivity contribution in [2.45, 2.75) is 31.7 Å². The summed E-state index contributed by atoms with van der Waals surface area (Å²) in [5, 5.41) is 0.847. The van der Waals surface area contributed by atoms with E-state index in [1.165, 1.54) is 12.8 Å². The van der Waals surface area contributed by atoms with E-state index in [1.807, 2.05) is 4.90 Å². The van der Waals surface area contributed by atoms with Crippen LogP contribution in [0.2, 0.25) is 0 Å². The molecule has 1 aromatic heterocycles. The molecule has 1 saturated heterocycles. The molecule has 0 bridgehead atoms. The van der Waals surface area contributed by atoms with Crippen LogP contribution in [0.4, 0.5) is 0 Å².